The van der Waals surface area contributed by atoms with Crippen molar-refractivity contribution in [3.63, 3.8) is 0 Å². The first-order valence-electron chi connectivity index (χ1n) is 5.19. The first kappa shape index (κ1) is 10.4. The highest BCUT2D eigenvalue weighted by Crippen LogP contribution is 2.26. The summed E-state index contributed by atoms with van der Waals surface area (Å²) in [6.45, 7) is 0. The molecule has 1 aromatic heterocycles. The Labute approximate surface area is 103 Å². The van der Waals surface area contributed by atoms with Crippen LogP contribution < -0.4 is 5.14 Å². The number of hydrogen-bond donors (Lipinski definition) is 1. The van der Waals surface area contributed by atoms with Gasteiger partial charge in [0.2, 0.25) is 5.89 Å². The minimum Gasteiger partial charge on any atom is -0.436 e. The van der Waals surface area contributed by atoms with Crippen molar-refractivity contribution in [2.75, 3.05) is 0 Å². The Balaban J connectivity index is 2.14. The molecule has 0 atom stereocenters. The van der Waals surface area contributed by atoms with Crippen LogP contribution in [0.4, 0.5) is 0 Å². The summed E-state index contributed by atoms with van der Waals surface area (Å²) in [5.41, 5.74) is 2.59. The first-order valence-corrected chi connectivity index (χ1v) is 6.07. The van der Waals surface area contributed by atoms with E-state index in [4.69, 9.17) is 9.56 Å². The second-order valence-electron chi connectivity index (χ2n) is 3.63. The van der Waals surface area contributed by atoms with Crippen LogP contribution in [-0.2, 0) is 0 Å². The molecule has 0 aliphatic heterocycles. The SMILES string of the molecule is NSc1ccc2nc(-c3ccccc3)oc2c1. The number of hydrogen-bond acceptors (Lipinski definition) is 4. The minimum atomic E-state index is 0.639. The van der Waals surface area contributed by atoms with Crippen molar-refractivity contribution in [1.29, 1.82) is 0 Å². The molecule has 0 amide bonds. The van der Waals surface area contributed by atoms with E-state index < -0.39 is 0 Å². The summed E-state index contributed by atoms with van der Waals surface area (Å²) in [5, 5.41) is 5.51. The number of rotatable bonds is 2. The molecule has 0 saturated carbocycles. The van der Waals surface area contributed by atoms with Crippen LogP contribution in [0.25, 0.3) is 22.6 Å². The second-order valence-corrected chi connectivity index (χ2v) is 4.34. The highest BCUT2D eigenvalue weighted by Gasteiger charge is 2.07. The lowest BCUT2D eigenvalue weighted by Crippen LogP contribution is -1.78. The molecule has 0 bridgehead atoms. The van der Waals surface area contributed by atoms with E-state index in [0.717, 1.165) is 21.6 Å². The molecule has 0 spiro atoms. The molecule has 4 heteroatoms. The highest BCUT2D eigenvalue weighted by atomic mass is 32.2. The van der Waals surface area contributed by atoms with Crippen molar-refractivity contribution in [3.05, 3.63) is 48.5 Å². The molecule has 0 unspecified atom stereocenters. The van der Waals surface area contributed by atoms with Crippen molar-refractivity contribution in [3.8, 4) is 11.5 Å². The third-order valence-electron chi connectivity index (χ3n) is 2.52. The highest BCUT2D eigenvalue weighted by molar-refractivity contribution is 7.97. The van der Waals surface area contributed by atoms with Crippen molar-refractivity contribution >= 4 is 23.0 Å². The molecule has 0 saturated heterocycles. The van der Waals surface area contributed by atoms with Crippen LogP contribution in [-0.4, -0.2) is 4.98 Å². The number of nitrogens with two attached hydrogens (primary N) is 1. The molecule has 0 fully saturated rings. The van der Waals surface area contributed by atoms with Gasteiger partial charge in [-0.3, -0.25) is 5.14 Å². The third-order valence-corrected chi connectivity index (χ3v) is 3.04. The van der Waals surface area contributed by atoms with Gasteiger partial charge in [0, 0.05) is 10.5 Å². The number of nitrogens with zero attached hydrogens (tertiary/aromatic N) is 1. The van der Waals surface area contributed by atoms with Crippen molar-refractivity contribution in [2.24, 2.45) is 5.14 Å². The van der Waals surface area contributed by atoms with Gasteiger partial charge in [-0.1, -0.05) is 18.2 Å². The fourth-order valence-corrected chi connectivity index (χ4v) is 2.00. The van der Waals surface area contributed by atoms with Crippen LogP contribution in [0.5, 0.6) is 0 Å². The molecular weight excluding hydrogens is 232 g/mol. The van der Waals surface area contributed by atoms with Crippen LogP contribution in [0.3, 0.4) is 0 Å². The lowest BCUT2D eigenvalue weighted by atomic mass is 10.2. The number of oxazole rings is 1. The van der Waals surface area contributed by atoms with E-state index in [9.17, 15) is 0 Å². The largest absolute Gasteiger partial charge is 0.436 e. The molecule has 3 aromatic rings. The monoisotopic (exact) mass is 242 g/mol. The summed E-state index contributed by atoms with van der Waals surface area (Å²) in [5.74, 6) is 0.639. The Kier molecular flexibility index (Phi) is 2.59. The van der Waals surface area contributed by atoms with E-state index in [1.54, 1.807) is 0 Å². The average Bonchev–Trinajstić information content (AvgIpc) is 2.82. The maximum atomic E-state index is 5.72. The lowest BCUT2D eigenvalue weighted by Gasteiger charge is -1.92. The number of aromatic nitrogens is 1. The van der Waals surface area contributed by atoms with E-state index >= 15 is 0 Å². The Hall–Kier alpha value is -1.78. The summed E-state index contributed by atoms with van der Waals surface area (Å²) in [6.07, 6.45) is 0. The second kappa shape index (κ2) is 4.24. The fraction of sp³-hybridized carbons (Fsp3) is 0. The number of fused-ring (bicyclic) bond motifs is 1. The number of benzene rings is 2. The van der Waals surface area contributed by atoms with Crippen LogP contribution in [0.2, 0.25) is 0 Å². The van der Waals surface area contributed by atoms with Gasteiger partial charge in [0.15, 0.2) is 5.58 Å². The van der Waals surface area contributed by atoms with Crippen molar-refractivity contribution < 1.29 is 4.42 Å². The van der Waals surface area contributed by atoms with E-state index in [-0.39, 0.29) is 0 Å². The molecule has 84 valence electrons. The van der Waals surface area contributed by atoms with Gasteiger partial charge in [-0.15, -0.1) is 0 Å². The summed E-state index contributed by atoms with van der Waals surface area (Å²) in [6, 6.07) is 15.6. The van der Waals surface area contributed by atoms with Gasteiger partial charge in [0.1, 0.15) is 5.52 Å². The fourth-order valence-electron chi connectivity index (χ4n) is 1.68. The zero-order chi connectivity index (χ0) is 11.7. The maximum absolute atomic E-state index is 5.72. The normalized spacial score (nSPS) is 10.9. The molecule has 2 N–H and O–H groups in total. The summed E-state index contributed by atoms with van der Waals surface area (Å²) in [4.78, 5) is 5.41. The zero-order valence-electron chi connectivity index (χ0n) is 8.96. The van der Waals surface area contributed by atoms with E-state index in [2.05, 4.69) is 4.98 Å². The summed E-state index contributed by atoms with van der Waals surface area (Å²) in [7, 11) is 0. The van der Waals surface area contributed by atoms with E-state index in [1.165, 1.54) is 11.9 Å². The molecule has 1 heterocycles. The van der Waals surface area contributed by atoms with Crippen molar-refractivity contribution in [1.82, 2.24) is 4.98 Å². The third kappa shape index (κ3) is 1.92. The molecule has 17 heavy (non-hydrogen) atoms. The quantitative estimate of drug-likeness (QED) is 0.699. The van der Waals surface area contributed by atoms with Crippen LogP contribution in [0, 0.1) is 0 Å². The average molecular weight is 242 g/mol. The maximum Gasteiger partial charge on any atom is 0.227 e. The standard InChI is InChI=1S/C13H10N2OS/c14-17-10-6-7-11-12(8-10)16-13(15-11)9-4-2-1-3-5-9/h1-8H,14H2. The van der Waals surface area contributed by atoms with E-state index in [0.29, 0.717) is 5.89 Å². The molecule has 0 aliphatic carbocycles. The smallest absolute Gasteiger partial charge is 0.227 e. The molecule has 3 rings (SSSR count). The van der Waals surface area contributed by atoms with Gasteiger partial charge < -0.3 is 4.42 Å². The molecular formula is C13H10N2OS. The van der Waals surface area contributed by atoms with Gasteiger partial charge in [-0.05, 0) is 42.3 Å². The zero-order valence-corrected chi connectivity index (χ0v) is 9.78. The van der Waals surface area contributed by atoms with Gasteiger partial charge >= 0.3 is 0 Å². The van der Waals surface area contributed by atoms with Crippen LogP contribution in [0.1, 0.15) is 0 Å². The lowest BCUT2D eigenvalue weighted by molar-refractivity contribution is 0.619. The van der Waals surface area contributed by atoms with Gasteiger partial charge in [0.25, 0.3) is 0 Å². The molecule has 3 nitrogen and oxygen atoms in total. The van der Waals surface area contributed by atoms with Gasteiger partial charge in [0.05, 0.1) is 0 Å². The summed E-state index contributed by atoms with van der Waals surface area (Å²) < 4.78 is 5.72. The topological polar surface area (TPSA) is 52.0 Å². The Bertz CT molecular complexity index is 649. The predicted molar refractivity (Wildman–Crippen MR) is 69.5 cm³/mol. The van der Waals surface area contributed by atoms with Gasteiger partial charge in [-0.25, -0.2) is 4.98 Å². The Morgan fingerprint density at radius 1 is 1.06 bits per heavy atom. The van der Waals surface area contributed by atoms with Crippen LogP contribution in [0.15, 0.2) is 57.8 Å². The minimum absolute atomic E-state index is 0.639. The molecule has 0 radical (unpaired) electrons. The molecule has 0 aliphatic rings. The van der Waals surface area contributed by atoms with E-state index in [1.807, 2.05) is 48.5 Å². The van der Waals surface area contributed by atoms with Crippen molar-refractivity contribution in [2.45, 2.75) is 4.90 Å². The first-order chi connectivity index (χ1) is 8.36. The predicted octanol–water partition coefficient (Wildman–Crippen LogP) is 3.46. The Morgan fingerprint density at radius 2 is 1.88 bits per heavy atom. The van der Waals surface area contributed by atoms with Gasteiger partial charge in [-0.2, -0.15) is 0 Å². The molecule has 2 aromatic carbocycles. The Morgan fingerprint density at radius 3 is 2.65 bits per heavy atom. The van der Waals surface area contributed by atoms with Crippen LogP contribution >= 0.6 is 11.9 Å². The summed E-state index contributed by atoms with van der Waals surface area (Å²) >= 11 is 1.20.